The number of hydrogen-bond donors (Lipinski definition) is 1. The van der Waals surface area contributed by atoms with Gasteiger partial charge < -0.3 is 5.32 Å². The van der Waals surface area contributed by atoms with Gasteiger partial charge in [-0.15, -0.1) is 0 Å². The maximum absolute atomic E-state index is 11.5. The normalized spacial score (nSPS) is 16.6. The molecule has 5 nitrogen and oxygen atoms in total. The van der Waals surface area contributed by atoms with Crippen LogP contribution in [0.5, 0.6) is 0 Å². The van der Waals surface area contributed by atoms with Crippen LogP contribution in [-0.2, 0) is 14.4 Å². The van der Waals surface area contributed by atoms with Crippen molar-refractivity contribution in [1.29, 1.82) is 0 Å². The number of amides is 2. The van der Waals surface area contributed by atoms with Gasteiger partial charge in [0.15, 0.2) is 0 Å². The van der Waals surface area contributed by atoms with Gasteiger partial charge in [-0.2, -0.15) is 0 Å². The average molecular weight is 214 g/mol. The second-order valence-corrected chi connectivity index (χ2v) is 4.62. The van der Waals surface area contributed by atoms with Crippen molar-refractivity contribution in [3.05, 3.63) is 0 Å². The van der Waals surface area contributed by atoms with Crippen LogP contribution in [0.15, 0.2) is 0 Å². The molecule has 0 aromatic heterocycles. The van der Waals surface area contributed by atoms with Gasteiger partial charge in [-0.3, -0.25) is 14.4 Å². The summed E-state index contributed by atoms with van der Waals surface area (Å²) in [4.78, 5) is 28.0. The van der Waals surface area contributed by atoms with Gasteiger partial charge in [-0.05, 0) is 6.42 Å². The van der Waals surface area contributed by atoms with Gasteiger partial charge >= 0.3 is 0 Å². The van der Waals surface area contributed by atoms with Crippen molar-refractivity contribution in [3.8, 4) is 0 Å². The fourth-order valence-electron chi connectivity index (χ4n) is 1.15. The minimum atomic E-state index is -0.466. The average Bonchev–Trinajstić information content (AvgIpc) is 2.64. The molecule has 1 fully saturated rings. The topological polar surface area (TPSA) is 58.6 Å². The van der Waals surface area contributed by atoms with Gasteiger partial charge in [0, 0.05) is 5.41 Å². The van der Waals surface area contributed by atoms with E-state index >= 15 is 0 Å². The van der Waals surface area contributed by atoms with Crippen molar-refractivity contribution in [2.45, 2.75) is 27.2 Å². The highest BCUT2D eigenvalue weighted by Crippen LogP contribution is 2.12. The minimum absolute atomic E-state index is 0.0100. The molecule has 2 amide bonds. The van der Waals surface area contributed by atoms with Crippen LogP contribution in [0.3, 0.4) is 0 Å². The van der Waals surface area contributed by atoms with Crippen LogP contribution in [0.1, 0.15) is 27.2 Å². The molecule has 0 saturated carbocycles. The monoisotopic (exact) mass is 214 g/mol. The van der Waals surface area contributed by atoms with Crippen LogP contribution < -0.4 is 5.32 Å². The molecule has 0 spiro atoms. The van der Waals surface area contributed by atoms with Crippen LogP contribution in [0.2, 0.25) is 0 Å². The standard InChI is InChI=1S/C10H18N2O3/c1-10(2,3)9(14)11-7-8(13)12-5-4-6-15-12/h4-7H2,1-3H3,(H,11,14). The number of rotatable bonds is 2. The smallest absolute Gasteiger partial charge is 0.265 e. The summed E-state index contributed by atoms with van der Waals surface area (Å²) in [5.74, 6) is -0.319. The molecule has 1 saturated heterocycles. The summed E-state index contributed by atoms with van der Waals surface area (Å²) in [5, 5.41) is 3.90. The van der Waals surface area contributed by atoms with Gasteiger partial charge in [0.1, 0.15) is 0 Å². The molecule has 0 aliphatic carbocycles. The van der Waals surface area contributed by atoms with Crippen LogP contribution in [-0.4, -0.2) is 36.6 Å². The molecule has 1 aliphatic rings. The number of hydrogen-bond acceptors (Lipinski definition) is 3. The van der Waals surface area contributed by atoms with E-state index in [4.69, 9.17) is 4.84 Å². The molecule has 5 heteroatoms. The predicted molar refractivity (Wildman–Crippen MR) is 54.7 cm³/mol. The molecule has 0 bridgehead atoms. The second kappa shape index (κ2) is 4.61. The zero-order chi connectivity index (χ0) is 11.5. The highest BCUT2D eigenvalue weighted by molar-refractivity contribution is 5.86. The highest BCUT2D eigenvalue weighted by atomic mass is 16.7. The number of hydroxylamine groups is 2. The predicted octanol–water partition coefficient (Wildman–Crippen LogP) is 0.313. The van der Waals surface area contributed by atoms with Crippen LogP contribution in [0.25, 0.3) is 0 Å². The largest absolute Gasteiger partial charge is 0.346 e. The van der Waals surface area contributed by atoms with Gasteiger partial charge in [-0.1, -0.05) is 20.8 Å². The van der Waals surface area contributed by atoms with Crippen LogP contribution in [0, 0.1) is 5.41 Å². The van der Waals surface area contributed by atoms with Gasteiger partial charge in [0.05, 0.1) is 19.7 Å². The van der Waals surface area contributed by atoms with Crippen molar-refractivity contribution < 1.29 is 14.4 Å². The zero-order valence-electron chi connectivity index (χ0n) is 9.50. The zero-order valence-corrected chi connectivity index (χ0v) is 9.50. The lowest BCUT2D eigenvalue weighted by molar-refractivity contribution is -0.168. The SMILES string of the molecule is CC(C)(C)C(=O)NCC(=O)N1CCCO1. The second-order valence-electron chi connectivity index (χ2n) is 4.62. The van der Waals surface area contributed by atoms with Gasteiger partial charge in [0.2, 0.25) is 5.91 Å². The van der Waals surface area contributed by atoms with E-state index in [9.17, 15) is 9.59 Å². The third-order valence-electron chi connectivity index (χ3n) is 2.11. The first-order chi connectivity index (χ1) is 6.91. The number of carbonyl (C=O) groups is 2. The van der Waals surface area contributed by atoms with E-state index in [1.807, 2.05) is 0 Å². The van der Waals surface area contributed by atoms with Gasteiger partial charge in [0.25, 0.3) is 5.91 Å². The van der Waals surface area contributed by atoms with E-state index in [0.29, 0.717) is 13.2 Å². The van der Waals surface area contributed by atoms with Crippen molar-refractivity contribution in [2.24, 2.45) is 5.41 Å². The number of carbonyl (C=O) groups excluding carboxylic acids is 2. The molecule has 1 aliphatic heterocycles. The summed E-state index contributed by atoms with van der Waals surface area (Å²) in [7, 11) is 0. The fourth-order valence-corrected chi connectivity index (χ4v) is 1.15. The Morgan fingerprint density at radius 2 is 2.07 bits per heavy atom. The lowest BCUT2D eigenvalue weighted by Crippen LogP contribution is -2.42. The maximum atomic E-state index is 11.5. The molecule has 0 atom stereocenters. The minimum Gasteiger partial charge on any atom is -0.346 e. The van der Waals surface area contributed by atoms with Crippen molar-refractivity contribution in [3.63, 3.8) is 0 Å². The highest BCUT2D eigenvalue weighted by Gasteiger charge is 2.24. The van der Waals surface area contributed by atoms with E-state index in [1.54, 1.807) is 20.8 Å². The first-order valence-electron chi connectivity index (χ1n) is 5.13. The summed E-state index contributed by atoms with van der Waals surface area (Å²) in [6.45, 7) is 6.62. The first kappa shape index (κ1) is 12.0. The van der Waals surface area contributed by atoms with E-state index < -0.39 is 5.41 Å². The molecule has 15 heavy (non-hydrogen) atoms. The lowest BCUT2D eigenvalue weighted by atomic mass is 9.96. The van der Waals surface area contributed by atoms with E-state index in [-0.39, 0.29) is 18.4 Å². The molecule has 1 heterocycles. The molecule has 1 rings (SSSR count). The molecule has 1 N–H and O–H groups in total. The lowest BCUT2D eigenvalue weighted by Gasteiger charge is -2.19. The molecular weight excluding hydrogens is 196 g/mol. The Balaban J connectivity index is 2.30. The molecular formula is C10H18N2O3. The molecule has 0 aromatic rings. The van der Waals surface area contributed by atoms with Crippen molar-refractivity contribution in [2.75, 3.05) is 19.7 Å². The van der Waals surface area contributed by atoms with Crippen LogP contribution in [0.4, 0.5) is 0 Å². The van der Waals surface area contributed by atoms with Crippen LogP contribution >= 0.6 is 0 Å². The van der Waals surface area contributed by atoms with Crippen molar-refractivity contribution in [1.82, 2.24) is 10.4 Å². The Bertz CT molecular complexity index is 252. The summed E-state index contributed by atoms with van der Waals surface area (Å²) < 4.78 is 0. The quantitative estimate of drug-likeness (QED) is 0.720. The Morgan fingerprint density at radius 1 is 1.40 bits per heavy atom. The Labute approximate surface area is 89.7 Å². The first-order valence-corrected chi connectivity index (χ1v) is 5.13. The molecule has 0 radical (unpaired) electrons. The van der Waals surface area contributed by atoms with E-state index in [1.165, 1.54) is 5.06 Å². The van der Waals surface area contributed by atoms with Crippen molar-refractivity contribution >= 4 is 11.8 Å². The molecule has 0 aromatic carbocycles. The molecule has 86 valence electrons. The number of nitrogens with zero attached hydrogens (tertiary/aromatic N) is 1. The third kappa shape index (κ3) is 3.51. The number of nitrogens with one attached hydrogen (secondary N) is 1. The Kier molecular flexibility index (Phi) is 3.68. The van der Waals surface area contributed by atoms with Gasteiger partial charge in [-0.25, -0.2) is 5.06 Å². The summed E-state index contributed by atoms with van der Waals surface area (Å²) in [5.41, 5.74) is -0.466. The Morgan fingerprint density at radius 3 is 2.53 bits per heavy atom. The summed E-state index contributed by atoms with van der Waals surface area (Å²) in [6, 6.07) is 0. The Hall–Kier alpha value is -1.10. The maximum Gasteiger partial charge on any atom is 0.265 e. The fraction of sp³-hybridized carbons (Fsp3) is 0.800. The third-order valence-corrected chi connectivity index (χ3v) is 2.11. The summed E-state index contributed by atoms with van der Waals surface area (Å²) >= 11 is 0. The summed E-state index contributed by atoms with van der Waals surface area (Å²) in [6.07, 6.45) is 0.860. The molecule has 0 unspecified atom stereocenters. The van der Waals surface area contributed by atoms with E-state index in [2.05, 4.69) is 5.32 Å². The van der Waals surface area contributed by atoms with E-state index in [0.717, 1.165) is 6.42 Å².